The third-order valence-electron chi connectivity index (χ3n) is 3.28. The predicted octanol–water partition coefficient (Wildman–Crippen LogP) is 4.82. The van der Waals surface area contributed by atoms with Crippen LogP contribution in [0.15, 0.2) is 34.8 Å². The van der Waals surface area contributed by atoms with Gasteiger partial charge in [-0.1, -0.05) is 11.6 Å². The number of nitrogens with two attached hydrogens (primary N) is 1. The molecule has 3 N–H and O–H groups in total. The molecular weight excluding hydrogens is 406 g/mol. The summed E-state index contributed by atoms with van der Waals surface area (Å²) in [5.41, 5.74) is 11.2. The summed E-state index contributed by atoms with van der Waals surface area (Å²) in [5, 5.41) is 0.519. The van der Waals surface area contributed by atoms with Gasteiger partial charge >= 0.3 is 6.61 Å². The number of halogens is 4. The molecule has 0 unspecified atom stereocenters. The van der Waals surface area contributed by atoms with E-state index in [1.165, 1.54) is 10.7 Å². The summed E-state index contributed by atoms with van der Waals surface area (Å²) in [4.78, 5) is 4.20. The first-order chi connectivity index (χ1) is 11.3. The summed E-state index contributed by atoms with van der Waals surface area (Å²) in [6.45, 7) is -1.18. The largest absolute Gasteiger partial charge is 0.432 e. The molecule has 0 radical (unpaired) electrons. The van der Waals surface area contributed by atoms with Crippen LogP contribution in [0.3, 0.4) is 0 Å². The van der Waals surface area contributed by atoms with E-state index in [0.29, 0.717) is 26.2 Å². The number of nitrogens with one attached hydrogen (secondary N) is 1. The fourth-order valence-corrected chi connectivity index (χ4v) is 3.12. The highest BCUT2D eigenvalue weighted by molar-refractivity contribution is 9.10. The van der Waals surface area contributed by atoms with Crippen LogP contribution in [0, 0.1) is 6.92 Å². The normalized spacial score (nSPS) is 11.2. The highest BCUT2D eigenvalue weighted by Gasteiger charge is 2.16. The van der Waals surface area contributed by atoms with Crippen molar-refractivity contribution in [2.45, 2.75) is 13.5 Å². The van der Waals surface area contributed by atoms with Crippen LogP contribution in [-0.2, 0) is 0 Å². The van der Waals surface area contributed by atoms with E-state index < -0.39 is 6.61 Å². The van der Waals surface area contributed by atoms with Gasteiger partial charge in [0.15, 0.2) is 5.75 Å². The number of fused-ring (bicyclic) bond motifs is 1. The number of hydrogen-bond acceptors (Lipinski definition) is 4. The van der Waals surface area contributed by atoms with Crippen molar-refractivity contribution in [3.63, 3.8) is 0 Å². The van der Waals surface area contributed by atoms with E-state index in [0.717, 1.165) is 5.56 Å². The van der Waals surface area contributed by atoms with Gasteiger partial charge in [0.25, 0.3) is 0 Å². The summed E-state index contributed by atoms with van der Waals surface area (Å²) in [7, 11) is 0. The van der Waals surface area contributed by atoms with Crippen molar-refractivity contribution in [3.05, 3.63) is 45.4 Å². The van der Waals surface area contributed by atoms with Gasteiger partial charge in [0.05, 0.1) is 11.0 Å². The van der Waals surface area contributed by atoms with E-state index in [1.54, 1.807) is 31.2 Å². The lowest BCUT2D eigenvalue weighted by molar-refractivity contribution is -0.0494. The Hall–Kier alpha value is -2.06. The van der Waals surface area contributed by atoms with Gasteiger partial charge in [-0.3, -0.25) is 5.43 Å². The fraction of sp³-hybridized carbons (Fsp3) is 0.133. The van der Waals surface area contributed by atoms with Crippen LogP contribution in [0.25, 0.3) is 11.0 Å². The van der Waals surface area contributed by atoms with Gasteiger partial charge in [0, 0.05) is 9.50 Å². The molecule has 5 nitrogen and oxygen atoms in total. The van der Waals surface area contributed by atoms with Gasteiger partial charge in [-0.05, 0) is 58.7 Å². The minimum absolute atomic E-state index is 0.00733. The number of imidazole rings is 1. The Morgan fingerprint density at radius 3 is 2.79 bits per heavy atom. The second kappa shape index (κ2) is 6.45. The highest BCUT2D eigenvalue weighted by Crippen LogP contribution is 2.36. The Morgan fingerprint density at radius 2 is 2.08 bits per heavy atom. The molecule has 0 fully saturated rings. The van der Waals surface area contributed by atoms with Crippen LogP contribution >= 0.6 is 27.5 Å². The van der Waals surface area contributed by atoms with Crippen molar-refractivity contribution >= 4 is 50.2 Å². The van der Waals surface area contributed by atoms with Crippen LogP contribution in [-0.4, -0.2) is 16.3 Å². The zero-order valence-electron chi connectivity index (χ0n) is 12.4. The number of hydrogen-bond donors (Lipinski definition) is 2. The number of rotatable bonds is 4. The number of anilines is 2. The van der Waals surface area contributed by atoms with E-state index >= 15 is 0 Å². The molecule has 9 heteroatoms. The molecule has 0 atom stereocenters. The molecule has 0 saturated heterocycles. The van der Waals surface area contributed by atoms with Gasteiger partial charge in [0.1, 0.15) is 5.69 Å². The smallest absolute Gasteiger partial charge is 0.387 e. The SMILES string of the molecule is Cc1cc(Br)c(Nn2c(N)nc3cc(Cl)ccc32)c(OC(F)F)c1. The number of nitrogens with zero attached hydrogens (tertiary/aromatic N) is 2. The summed E-state index contributed by atoms with van der Waals surface area (Å²) >= 11 is 9.30. The number of benzene rings is 2. The van der Waals surface area contributed by atoms with Crippen LogP contribution in [0.5, 0.6) is 5.75 Å². The standard InChI is InChI=1S/C15H12BrClF2N4O/c1-7-4-9(16)13(12(5-7)24-14(18)19)22-23-11-3-2-8(17)6-10(11)21-15(23)20/h2-6,14,22H,1H3,(H2,20,21). The van der Waals surface area contributed by atoms with Crippen molar-refractivity contribution < 1.29 is 13.5 Å². The molecule has 24 heavy (non-hydrogen) atoms. The van der Waals surface area contributed by atoms with Crippen LogP contribution in [0.4, 0.5) is 20.4 Å². The van der Waals surface area contributed by atoms with E-state index in [1.807, 2.05) is 0 Å². The van der Waals surface area contributed by atoms with E-state index in [2.05, 4.69) is 31.1 Å². The number of nitrogen functional groups attached to an aromatic ring is 1. The van der Waals surface area contributed by atoms with Crippen LogP contribution in [0.1, 0.15) is 5.56 Å². The first-order valence-electron chi connectivity index (χ1n) is 6.80. The third kappa shape index (κ3) is 3.25. The molecule has 1 aromatic heterocycles. The monoisotopic (exact) mass is 416 g/mol. The topological polar surface area (TPSA) is 65.1 Å². The molecule has 0 aliphatic carbocycles. The lowest BCUT2D eigenvalue weighted by atomic mass is 10.2. The fourth-order valence-electron chi connectivity index (χ4n) is 2.31. The molecule has 0 spiro atoms. The zero-order valence-corrected chi connectivity index (χ0v) is 14.7. The molecule has 3 rings (SSSR count). The number of alkyl halides is 2. The molecule has 0 amide bonds. The van der Waals surface area contributed by atoms with Gasteiger partial charge < -0.3 is 10.5 Å². The Kier molecular flexibility index (Phi) is 4.51. The highest BCUT2D eigenvalue weighted by atomic mass is 79.9. The van der Waals surface area contributed by atoms with Crippen molar-refractivity contribution in [3.8, 4) is 5.75 Å². The van der Waals surface area contributed by atoms with Gasteiger partial charge in [-0.2, -0.15) is 8.78 Å². The second-order valence-electron chi connectivity index (χ2n) is 5.05. The lowest BCUT2D eigenvalue weighted by Crippen LogP contribution is -2.14. The molecule has 0 aliphatic rings. The maximum Gasteiger partial charge on any atom is 0.387 e. The van der Waals surface area contributed by atoms with Gasteiger partial charge in [-0.15, -0.1) is 0 Å². The van der Waals surface area contributed by atoms with Crippen LogP contribution in [0.2, 0.25) is 5.02 Å². The Labute approximate surface area is 149 Å². The van der Waals surface area contributed by atoms with Crippen molar-refractivity contribution in [2.24, 2.45) is 0 Å². The molecule has 3 aromatic rings. The zero-order chi connectivity index (χ0) is 17.4. The van der Waals surface area contributed by atoms with Crippen molar-refractivity contribution in [1.29, 1.82) is 0 Å². The van der Waals surface area contributed by atoms with E-state index in [4.69, 9.17) is 17.3 Å². The third-order valence-corrected chi connectivity index (χ3v) is 4.14. The molecule has 0 saturated carbocycles. The molecule has 0 bridgehead atoms. The molecule has 2 aromatic carbocycles. The van der Waals surface area contributed by atoms with Crippen molar-refractivity contribution in [1.82, 2.24) is 9.66 Å². The Balaban J connectivity index is 2.10. The van der Waals surface area contributed by atoms with Crippen molar-refractivity contribution in [2.75, 3.05) is 11.2 Å². The lowest BCUT2D eigenvalue weighted by Gasteiger charge is -2.17. The predicted molar refractivity (Wildman–Crippen MR) is 93.7 cm³/mol. The van der Waals surface area contributed by atoms with E-state index in [-0.39, 0.29) is 11.7 Å². The first-order valence-corrected chi connectivity index (χ1v) is 7.97. The molecular formula is C15H12BrClF2N4O. The van der Waals surface area contributed by atoms with Crippen LogP contribution < -0.4 is 15.9 Å². The minimum Gasteiger partial charge on any atom is -0.432 e. The average molecular weight is 418 g/mol. The second-order valence-corrected chi connectivity index (χ2v) is 6.34. The Bertz CT molecular complexity index is 916. The molecule has 126 valence electrons. The summed E-state index contributed by atoms with van der Waals surface area (Å²) in [6.07, 6.45) is 0. The summed E-state index contributed by atoms with van der Waals surface area (Å²) in [6, 6.07) is 8.35. The quantitative estimate of drug-likeness (QED) is 0.639. The average Bonchev–Trinajstić information content (AvgIpc) is 2.76. The summed E-state index contributed by atoms with van der Waals surface area (Å²) < 4.78 is 32.0. The number of aryl methyl sites for hydroxylation is 1. The first kappa shape index (κ1) is 16.8. The van der Waals surface area contributed by atoms with Gasteiger partial charge in [0.2, 0.25) is 5.95 Å². The maximum absolute atomic E-state index is 12.7. The molecule has 1 heterocycles. The minimum atomic E-state index is -2.95. The molecule has 0 aliphatic heterocycles. The summed E-state index contributed by atoms with van der Waals surface area (Å²) in [5.74, 6) is 0.148. The van der Waals surface area contributed by atoms with E-state index in [9.17, 15) is 8.78 Å². The number of aromatic nitrogens is 2. The Morgan fingerprint density at radius 1 is 1.33 bits per heavy atom. The maximum atomic E-state index is 12.7. The van der Waals surface area contributed by atoms with Gasteiger partial charge in [-0.25, -0.2) is 9.66 Å². The number of ether oxygens (including phenoxy) is 1.